The average molecular weight is 324 g/mol. The maximum atomic E-state index is 11.1. The zero-order valence-corrected chi connectivity index (χ0v) is 12.2. The van der Waals surface area contributed by atoms with E-state index in [-0.39, 0.29) is 6.04 Å². The third kappa shape index (κ3) is 2.98. The highest BCUT2D eigenvalue weighted by atomic mass is 79.9. The molecule has 0 saturated carbocycles. The summed E-state index contributed by atoms with van der Waals surface area (Å²) in [5.41, 5.74) is 1.81. The van der Waals surface area contributed by atoms with Crippen LogP contribution in [-0.4, -0.2) is 11.1 Å². The average Bonchev–Trinajstić information content (AvgIpc) is 2.78. The number of aromatic carboxylic acids is 1. The lowest BCUT2D eigenvalue weighted by Crippen LogP contribution is -2.09. The van der Waals surface area contributed by atoms with Crippen LogP contribution in [0, 0.1) is 6.92 Å². The number of hydrogen-bond acceptors (Lipinski definition) is 3. The molecule has 1 atom stereocenters. The highest BCUT2D eigenvalue weighted by molar-refractivity contribution is 9.10. The molecule has 1 unspecified atom stereocenters. The lowest BCUT2D eigenvalue weighted by atomic mass is 10.1. The van der Waals surface area contributed by atoms with Crippen LogP contribution < -0.4 is 5.32 Å². The van der Waals surface area contributed by atoms with Crippen molar-refractivity contribution in [2.75, 3.05) is 5.32 Å². The quantitative estimate of drug-likeness (QED) is 0.884. The summed E-state index contributed by atoms with van der Waals surface area (Å²) in [4.78, 5) is 11.1. The number of nitrogens with one attached hydrogen (secondary N) is 1. The Morgan fingerprint density at radius 1 is 1.37 bits per heavy atom. The molecular formula is C14H14BrNO3. The minimum atomic E-state index is -0.922. The molecule has 5 heteroatoms. The summed E-state index contributed by atoms with van der Waals surface area (Å²) in [5, 5.41) is 12.3. The van der Waals surface area contributed by atoms with Gasteiger partial charge in [0.2, 0.25) is 0 Å². The summed E-state index contributed by atoms with van der Waals surface area (Å²) in [6.45, 7) is 3.74. The number of anilines is 1. The summed E-state index contributed by atoms with van der Waals surface area (Å²) in [5.74, 6) is -0.137. The van der Waals surface area contributed by atoms with Crippen LogP contribution in [0.15, 0.2) is 39.4 Å². The van der Waals surface area contributed by atoms with E-state index >= 15 is 0 Å². The van der Waals surface area contributed by atoms with Gasteiger partial charge in [0.1, 0.15) is 5.76 Å². The Morgan fingerprint density at radius 2 is 2.11 bits per heavy atom. The Labute approximate surface area is 119 Å². The highest BCUT2D eigenvalue weighted by Crippen LogP contribution is 2.26. The largest absolute Gasteiger partial charge is 0.478 e. The molecule has 4 nitrogen and oxygen atoms in total. The molecule has 1 aromatic carbocycles. The Bertz CT molecular complexity index is 606. The van der Waals surface area contributed by atoms with Crippen molar-refractivity contribution < 1.29 is 14.3 Å². The maximum absolute atomic E-state index is 11.1. The number of carboxylic acid groups (broad SMARTS) is 1. The first-order valence-corrected chi connectivity index (χ1v) is 6.63. The lowest BCUT2D eigenvalue weighted by molar-refractivity contribution is 0.0696. The smallest absolute Gasteiger partial charge is 0.336 e. The third-order valence-electron chi connectivity index (χ3n) is 2.96. The van der Waals surface area contributed by atoms with Gasteiger partial charge in [-0.05, 0) is 59.6 Å². The van der Waals surface area contributed by atoms with E-state index in [2.05, 4.69) is 21.2 Å². The lowest BCUT2D eigenvalue weighted by Gasteiger charge is -2.16. The Hall–Kier alpha value is -1.75. The van der Waals surface area contributed by atoms with Crippen molar-refractivity contribution in [2.45, 2.75) is 19.9 Å². The second-order valence-electron chi connectivity index (χ2n) is 4.29. The molecule has 2 rings (SSSR count). The first kappa shape index (κ1) is 13.7. The molecule has 0 radical (unpaired) electrons. The van der Waals surface area contributed by atoms with Crippen molar-refractivity contribution in [1.29, 1.82) is 0 Å². The molecule has 100 valence electrons. The van der Waals surface area contributed by atoms with Crippen molar-refractivity contribution >= 4 is 27.6 Å². The maximum Gasteiger partial charge on any atom is 0.336 e. The van der Waals surface area contributed by atoms with E-state index in [1.54, 1.807) is 19.1 Å². The Balaban J connectivity index is 2.24. The molecule has 0 fully saturated rings. The van der Waals surface area contributed by atoms with Gasteiger partial charge in [-0.2, -0.15) is 0 Å². The Kier molecular flexibility index (Phi) is 3.95. The number of carbonyl (C=O) groups is 1. The SMILES string of the molecule is Cc1c(NC(C)c2ccc(Br)o2)cccc1C(=O)O. The summed E-state index contributed by atoms with van der Waals surface area (Å²) >= 11 is 3.26. The van der Waals surface area contributed by atoms with Crippen LogP contribution in [0.5, 0.6) is 0 Å². The standard InChI is InChI=1S/C14H14BrNO3/c1-8-10(14(17)18)4-3-5-11(8)16-9(2)12-6-7-13(15)19-12/h3-7,9,16H,1-2H3,(H,17,18). The van der Waals surface area contributed by atoms with E-state index in [1.165, 1.54) is 0 Å². The number of furan rings is 1. The zero-order valence-electron chi connectivity index (χ0n) is 10.6. The molecule has 0 amide bonds. The van der Waals surface area contributed by atoms with Gasteiger partial charge < -0.3 is 14.8 Å². The first-order chi connectivity index (χ1) is 8.99. The summed E-state index contributed by atoms with van der Waals surface area (Å²) in [7, 11) is 0. The molecule has 2 aromatic rings. The van der Waals surface area contributed by atoms with Crippen LogP contribution in [0.1, 0.15) is 34.6 Å². The minimum Gasteiger partial charge on any atom is -0.478 e. The van der Waals surface area contributed by atoms with E-state index < -0.39 is 5.97 Å². The van der Waals surface area contributed by atoms with Crippen molar-refractivity contribution in [3.63, 3.8) is 0 Å². The Morgan fingerprint density at radius 3 is 2.68 bits per heavy atom. The molecule has 0 aliphatic rings. The van der Waals surface area contributed by atoms with Crippen LogP contribution in [0.4, 0.5) is 5.69 Å². The fourth-order valence-corrected chi connectivity index (χ4v) is 2.21. The fraction of sp³-hybridized carbons (Fsp3) is 0.214. The van der Waals surface area contributed by atoms with Gasteiger partial charge in [-0.15, -0.1) is 0 Å². The molecule has 0 spiro atoms. The monoisotopic (exact) mass is 323 g/mol. The van der Waals surface area contributed by atoms with Crippen molar-refractivity contribution in [2.24, 2.45) is 0 Å². The molecule has 0 bridgehead atoms. The number of benzene rings is 1. The van der Waals surface area contributed by atoms with E-state index in [1.807, 2.05) is 25.1 Å². The number of rotatable bonds is 4. The molecule has 1 aromatic heterocycles. The minimum absolute atomic E-state index is 0.0472. The van der Waals surface area contributed by atoms with Crippen molar-refractivity contribution in [3.8, 4) is 0 Å². The van der Waals surface area contributed by atoms with Crippen LogP contribution in [0.2, 0.25) is 0 Å². The van der Waals surface area contributed by atoms with Crippen LogP contribution >= 0.6 is 15.9 Å². The van der Waals surface area contributed by atoms with E-state index in [0.29, 0.717) is 15.8 Å². The van der Waals surface area contributed by atoms with E-state index in [9.17, 15) is 4.79 Å². The number of hydrogen-bond donors (Lipinski definition) is 2. The van der Waals surface area contributed by atoms with Crippen molar-refractivity contribution in [3.05, 3.63) is 51.9 Å². The molecule has 19 heavy (non-hydrogen) atoms. The van der Waals surface area contributed by atoms with Crippen molar-refractivity contribution in [1.82, 2.24) is 0 Å². The normalized spacial score (nSPS) is 12.2. The van der Waals surface area contributed by atoms with Crippen LogP contribution in [0.3, 0.4) is 0 Å². The summed E-state index contributed by atoms with van der Waals surface area (Å²) in [6, 6.07) is 8.83. The summed E-state index contributed by atoms with van der Waals surface area (Å²) in [6.07, 6.45) is 0. The van der Waals surface area contributed by atoms with Gasteiger partial charge in [0.15, 0.2) is 4.67 Å². The van der Waals surface area contributed by atoms with Gasteiger partial charge in [0, 0.05) is 5.69 Å². The van der Waals surface area contributed by atoms with Gasteiger partial charge in [-0.3, -0.25) is 0 Å². The van der Waals surface area contributed by atoms with Crippen LogP contribution in [-0.2, 0) is 0 Å². The molecule has 0 aliphatic carbocycles. The van der Waals surface area contributed by atoms with Gasteiger partial charge >= 0.3 is 5.97 Å². The van der Waals surface area contributed by atoms with Gasteiger partial charge in [-0.1, -0.05) is 6.07 Å². The molecule has 0 saturated heterocycles. The molecular weight excluding hydrogens is 310 g/mol. The topological polar surface area (TPSA) is 62.5 Å². The molecule has 0 aliphatic heterocycles. The zero-order chi connectivity index (χ0) is 14.0. The van der Waals surface area contributed by atoms with Gasteiger partial charge in [0.05, 0.1) is 11.6 Å². The van der Waals surface area contributed by atoms with E-state index in [4.69, 9.17) is 9.52 Å². The van der Waals surface area contributed by atoms with Gasteiger partial charge in [0.25, 0.3) is 0 Å². The first-order valence-electron chi connectivity index (χ1n) is 5.83. The second-order valence-corrected chi connectivity index (χ2v) is 5.07. The summed E-state index contributed by atoms with van der Waals surface area (Å²) < 4.78 is 6.15. The number of carboxylic acids is 1. The molecule has 2 N–H and O–H groups in total. The predicted octanol–water partition coefficient (Wildman–Crippen LogP) is 4.22. The highest BCUT2D eigenvalue weighted by Gasteiger charge is 2.14. The fourth-order valence-electron chi connectivity index (χ4n) is 1.89. The van der Waals surface area contributed by atoms with Gasteiger partial charge in [-0.25, -0.2) is 4.79 Å². The van der Waals surface area contributed by atoms with Crippen LogP contribution in [0.25, 0.3) is 0 Å². The number of halogens is 1. The third-order valence-corrected chi connectivity index (χ3v) is 3.38. The second kappa shape index (κ2) is 5.48. The van der Waals surface area contributed by atoms with E-state index in [0.717, 1.165) is 11.4 Å². The molecule has 1 heterocycles. The predicted molar refractivity (Wildman–Crippen MR) is 76.6 cm³/mol.